The predicted octanol–water partition coefficient (Wildman–Crippen LogP) is 2.88. The van der Waals surface area contributed by atoms with E-state index in [1.165, 1.54) is 17.0 Å². The van der Waals surface area contributed by atoms with Gasteiger partial charge in [-0.3, -0.25) is 9.69 Å². The first-order chi connectivity index (χ1) is 12.5. The summed E-state index contributed by atoms with van der Waals surface area (Å²) in [5, 5.41) is 11.0. The van der Waals surface area contributed by atoms with E-state index in [0.29, 0.717) is 17.9 Å². The third kappa shape index (κ3) is 3.58. The summed E-state index contributed by atoms with van der Waals surface area (Å²) in [5.74, 6) is 0.592. The second-order valence-corrected chi connectivity index (χ2v) is 5.91. The minimum Gasteiger partial charge on any atom is -0.492 e. The fourth-order valence-electron chi connectivity index (χ4n) is 2.66. The molecule has 1 unspecified atom stereocenters. The fraction of sp³-hybridized carbons (Fsp3) is 0.333. The predicted molar refractivity (Wildman–Crippen MR) is 94.6 cm³/mol. The molecule has 2 heterocycles. The number of benzene rings is 1. The number of amides is 1. The van der Waals surface area contributed by atoms with Crippen LogP contribution in [-0.4, -0.2) is 35.1 Å². The molecule has 1 aliphatic heterocycles. The van der Waals surface area contributed by atoms with Gasteiger partial charge in [-0.25, -0.2) is 0 Å². The molecule has 1 aliphatic rings. The number of aromatic nitrogens is 1. The number of fused-ring (bicyclic) bond motifs is 1. The molecule has 8 heteroatoms. The molecule has 0 N–H and O–H groups in total. The monoisotopic (exact) mass is 357 g/mol. The Morgan fingerprint density at radius 1 is 1.27 bits per heavy atom. The highest BCUT2D eigenvalue weighted by molar-refractivity contribution is 5.99. The average molecular weight is 357 g/mol. The molecule has 1 atom stereocenters. The van der Waals surface area contributed by atoms with Gasteiger partial charge in [-0.05, 0) is 41.5 Å². The molecule has 0 bridgehead atoms. The van der Waals surface area contributed by atoms with E-state index < -0.39 is 11.0 Å². The quantitative estimate of drug-likeness (QED) is 0.583. The summed E-state index contributed by atoms with van der Waals surface area (Å²) >= 11 is 0. The summed E-state index contributed by atoms with van der Waals surface area (Å²) in [6.07, 6.45) is -0.143. The molecule has 0 fully saturated rings. The molecule has 0 aliphatic carbocycles. The second-order valence-electron chi connectivity index (χ2n) is 5.91. The van der Waals surface area contributed by atoms with Crippen LogP contribution in [0.5, 0.6) is 11.5 Å². The van der Waals surface area contributed by atoms with Crippen molar-refractivity contribution in [3.8, 4) is 11.5 Å². The Bertz CT molecular complexity index is 822. The van der Waals surface area contributed by atoms with Gasteiger partial charge in [-0.15, -0.1) is 0 Å². The number of hydrogen-bond acceptors (Lipinski definition) is 6. The van der Waals surface area contributed by atoms with Gasteiger partial charge in [0.1, 0.15) is 12.4 Å². The number of pyridine rings is 1. The van der Waals surface area contributed by atoms with E-state index >= 15 is 0 Å². The summed E-state index contributed by atoms with van der Waals surface area (Å²) < 4.78 is 11.3. The minimum absolute atomic E-state index is 0.154. The largest absolute Gasteiger partial charge is 0.492 e. The smallest absolute Gasteiger partial charge is 0.366 e. The fourth-order valence-corrected chi connectivity index (χ4v) is 2.66. The van der Waals surface area contributed by atoms with Crippen LogP contribution >= 0.6 is 0 Å². The standard InChI is InChI=1S/C18H19N3O5/c1-3-14-18(22)20(10-11-25-13-6-4-12(2)5-7-13)17-15(26-14)8-9-16(19-17)21(23)24/h4-9,14H,3,10-11H2,1-2H3. The zero-order chi connectivity index (χ0) is 18.7. The van der Waals surface area contributed by atoms with Crippen LogP contribution in [0.2, 0.25) is 0 Å². The Morgan fingerprint density at radius 2 is 2.00 bits per heavy atom. The Kier molecular flexibility index (Phi) is 5.01. The topological polar surface area (TPSA) is 94.8 Å². The van der Waals surface area contributed by atoms with E-state index in [1.54, 1.807) is 0 Å². The van der Waals surface area contributed by atoms with Gasteiger partial charge < -0.3 is 19.6 Å². The average Bonchev–Trinajstić information content (AvgIpc) is 2.64. The van der Waals surface area contributed by atoms with E-state index in [4.69, 9.17) is 9.47 Å². The van der Waals surface area contributed by atoms with Crippen molar-refractivity contribution in [3.63, 3.8) is 0 Å². The number of carbonyl (C=O) groups excluding carboxylic acids is 1. The Labute approximate surface area is 150 Å². The number of ether oxygens (including phenoxy) is 2. The molecule has 136 valence electrons. The maximum absolute atomic E-state index is 12.6. The van der Waals surface area contributed by atoms with Crippen molar-refractivity contribution in [1.82, 2.24) is 4.98 Å². The van der Waals surface area contributed by atoms with Gasteiger partial charge in [-0.1, -0.05) is 24.6 Å². The van der Waals surface area contributed by atoms with Crippen molar-refractivity contribution < 1.29 is 19.2 Å². The molecule has 0 saturated carbocycles. The molecule has 26 heavy (non-hydrogen) atoms. The molecule has 1 aromatic carbocycles. The number of nitrogens with zero attached hydrogens (tertiary/aromatic N) is 3. The van der Waals surface area contributed by atoms with Crippen LogP contribution < -0.4 is 14.4 Å². The van der Waals surface area contributed by atoms with Gasteiger partial charge in [0.2, 0.25) is 0 Å². The number of nitro groups is 1. The minimum atomic E-state index is -0.634. The number of carbonyl (C=O) groups is 1. The van der Waals surface area contributed by atoms with Gasteiger partial charge >= 0.3 is 5.82 Å². The zero-order valence-electron chi connectivity index (χ0n) is 14.5. The van der Waals surface area contributed by atoms with Gasteiger partial charge in [0.15, 0.2) is 11.9 Å². The molecule has 3 rings (SSSR count). The van der Waals surface area contributed by atoms with Crippen LogP contribution in [-0.2, 0) is 4.79 Å². The highest BCUT2D eigenvalue weighted by Gasteiger charge is 2.37. The van der Waals surface area contributed by atoms with Crippen LogP contribution in [0.25, 0.3) is 0 Å². The third-order valence-electron chi connectivity index (χ3n) is 4.05. The van der Waals surface area contributed by atoms with Crippen LogP contribution in [0, 0.1) is 17.0 Å². The third-order valence-corrected chi connectivity index (χ3v) is 4.05. The van der Waals surface area contributed by atoms with Crippen LogP contribution in [0.3, 0.4) is 0 Å². The van der Waals surface area contributed by atoms with E-state index in [2.05, 4.69) is 4.98 Å². The molecule has 8 nitrogen and oxygen atoms in total. The summed E-state index contributed by atoms with van der Waals surface area (Å²) in [6.45, 7) is 4.27. The van der Waals surface area contributed by atoms with Crippen molar-refractivity contribution in [2.24, 2.45) is 0 Å². The van der Waals surface area contributed by atoms with E-state index in [0.717, 1.165) is 5.56 Å². The summed E-state index contributed by atoms with van der Waals surface area (Å²) in [5.41, 5.74) is 1.12. The van der Waals surface area contributed by atoms with E-state index in [-0.39, 0.29) is 30.7 Å². The van der Waals surface area contributed by atoms with E-state index in [9.17, 15) is 14.9 Å². The van der Waals surface area contributed by atoms with Gasteiger partial charge in [0.25, 0.3) is 11.7 Å². The summed E-state index contributed by atoms with van der Waals surface area (Å²) in [4.78, 5) is 28.4. The molecule has 0 spiro atoms. The maximum atomic E-state index is 12.6. The maximum Gasteiger partial charge on any atom is 0.366 e. The van der Waals surface area contributed by atoms with Crippen LogP contribution in [0.15, 0.2) is 36.4 Å². The van der Waals surface area contributed by atoms with Crippen molar-refractivity contribution in [3.05, 3.63) is 52.1 Å². The first-order valence-electron chi connectivity index (χ1n) is 8.32. The van der Waals surface area contributed by atoms with Crippen molar-refractivity contribution in [2.45, 2.75) is 26.4 Å². The molecule has 2 aromatic rings. The van der Waals surface area contributed by atoms with Crippen LogP contribution in [0.4, 0.5) is 11.6 Å². The lowest BCUT2D eigenvalue weighted by atomic mass is 10.2. The Morgan fingerprint density at radius 3 is 2.65 bits per heavy atom. The molecular weight excluding hydrogens is 338 g/mol. The number of aryl methyl sites for hydroxylation is 1. The van der Waals surface area contributed by atoms with Gasteiger partial charge in [-0.2, -0.15) is 0 Å². The number of hydrogen-bond donors (Lipinski definition) is 0. The van der Waals surface area contributed by atoms with Gasteiger partial charge in [0.05, 0.1) is 6.54 Å². The van der Waals surface area contributed by atoms with Crippen molar-refractivity contribution >= 4 is 17.5 Å². The van der Waals surface area contributed by atoms with Crippen LogP contribution in [0.1, 0.15) is 18.9 Å². The lowest BCUT2D eigenvalue weighted by molar-refractivity contribution is -0.389. The number of rotatable bonds is 6. The summed E-state index contributed by atoms with van der Waals surface area (Å²) in [6, 6.07) is 10.3. The Hall–Kier alpha value is -3.16. The first kappa shape index (κ1) is 17.7. The molecule has 0 saturated heterocycles. The molecule has 0 radical (unpaired) electrons. The first-order valence-corrected chi connectivity index (χ1v) is 8.32. The lowest BCUT2D eigenvalue weighted by Crippen LogP contribution is -2.47. The van der Waals surface area contributed by atoms with E-state index in [1.807, 2.05) is 38.1 Å². The highest BCUT2D eigenvalue weighted by atomic mass is 16.6. The normalized spacial score (nSPS) is 16.0. The SMILES string of the molecule is CCC1Oc2ccc([N+](=O)[O-])nc2N(CCOc2ccc(C)cc2)C1=O. The summed E-state index contributed by atoms with van der Waals surface area (Å²) in [7, 11) is 0. The highest BCUT2D eigenvalue weighted by Crippen LogP contribution is 2.34. The Balaban J connectivity index is 1.79. The van der Waals surface area contributed by atoms with Crippen molar-refractivity contribution in [1.29, 1.82) is 0 Å². The molecule has 1 amide bonds. The van der Waals surface area contributed by atoms with Gasteiger partial charge in [0, 0.05) is 6.07 Å². The zero-order valence-corrected chi connectivity index (χ0v) is 14.5. The number of anilines is 1. The lowest BCUT2D eigenvalue weighted by Gasteiger charge is -2.30. The van der Waals surface area contributed by atoms with Crippen molar-refractivity contribution in [2.75, 3.05) is 18.1 Å². The molecule has 1 aromatic heterocycles. The second kappa shape index (κ2) is 7.38. The molecular formula is C18H19N3O5.